The van der Waals surface area contributed by atoms with Gasteiger partial charge in [0.25, 0.3) is 5.91 Å². The number of amides is 1. The average Bonchev–Trinajstić information content (AvgIpc) is 2.48. The van der Waals surface area contributed by atoms with Gasteiger partial charge in [0.05, 0.1) is 11.6 Å². The Hall–Kier alpha value is -2.30. The molecule has 0 saturated heterocycles. The molecule has 5 heteroatoms. The predicted octanol–water partition coefficient (Wildman–Crippen LogP) is 3.50. The van der Waals surface area contributed by atoms with E-state index in [1.165, 1.54) is 17.2 Å². The summed E-state index contributed by atoms with van der Waals surface area (Å²) in [5.74, 6) is -2.04. The number of hydrogen-bond acceptors (Lipinski definition) is 2. The second-order valence-corrected chi connectivity index (χ2v) is 4.95. The summed E-state index contributed by atoms with van der Waals surface area (Å²) >= 11 is 0. The lowest BCUT2D eigenvalue weighted by atomic mass is 10.1. The molecule has 21 heavy (non-hydrogen) atoms. The first-order valence-corrected chi connectivity index (χ1v) is 6.55. The number of carbonyl (C=O) groups is 1. The lowest BCUT2D eigenvalue weighted by Gasteiger charge is -2.25. The van der Waals surface area contributed by atoms with Gasteiger partial charge in [-0.05, 0) is 43.7 Å². The molecule has 0 N–H and O–H groups in total. The Labute approximate surface area is 122 Å². The summed E-state index contributed by atoms with van der Waals surface area (Å²) in [5.41, 5.74) is 1.81. The fourth-order valence-electron chi connectivity index (χ4n) is 1.97. The van der Waals surface area contributed by atoms with E-state index in [0.29, 0.717) is 11.1 Å². The number of carbonyl (C=O) groups excluding carboxylic acids is 1. The van der Waals surface area contributed by atoms with Crippen molar-refractivity contribution in [3.8, 4) is 0 Å². The van der Waals surface area contributed by atoms with Gasteiger partial charge in [-0.2, -0.15) is 0 Å². The first kappa shape index (κ1) is 15.1. The minimum Gasteiger partial charge on any atom is -0.335 e. The molecule has 0 bridgehead atoms. The Morgan fingerprint density at radius 2 is 1.90 bits per heavy atom. The fraction of sp³-hybridized carbons (Fsp3) is 0.250. The van der Waals surface area contributed by atoms with Crippen molar-refractivity contribution < 1.29 is 13.6 Å². The zero-order chi connectivity index (χ0) is 15.6. The number of aromatic nitrogens is 1. The van der Waals surface area contributed by atoms with Crippen molar-refractivity contribution in [2.24, 2.45) is 0 Å². The lowest BCUT2D eigenvalue weighted by molar-refractivity contribution is 0.0742. The van der Waals surface area contributed by atoms with Crippen molar-refractivity contribution >= 4 is 5.91 Å². The van der Waals surface area contributed by atoms with Gasteiger partial charge in [0.2, 0.25) is 0 Å². The smallest absolute Gasteiger partial charge is 0.255 e. The average molecular weight is 290 g/mol. The van der Waals surface area contributed by atoms with Crippen LogP contribution in [-0.4, -0.2) is 22.8 Å². The van der Waals surface area contributed by atoms with Crippen molar-refractivity contribution in [2.75, 3.05) is 7.05 Å². The standard InChI is InChI=1S/C16H16F2N2O/c1-10-4-5-13(9-19-10)16(21)20(3)11(2)12-6-7-14(17)15(18)8-12/h4-9,11H,1-3H3. The topological polar surface area (TPSA) is 33.2 Å². The molecule has 0 aliphatic carbocycles. The molecule has 0 saturated carbocycles. The molecule has 0 radical (unpaired) electrons. The Morgan fingerprint density at radius 3 is 2.48 bits per heavy atom. The maximum atomic E-state index is 13.3. The van der Waals surface area contributed by atoms with Gasteiger partial charge in [0.15, 0.2) is 11.6 Å². The van der Waals surface area contributed by atoms with Crippen LogP contribution in [0.5, 0.6) is 0 Å². The van der Waals surface area contributed by atoms with Crippen molar-refractivity contribution in [2.45, 2.75) is 19.9 Å². The predicted molar refractivity (Wildman–Crippen MR) is 75.8 cm³/mol. The Balaban J connectivity index is 2.21. The number of pyridine rings is 1. The molecular formula is C16H16F2N2O. The van der Waals surface area contributed by atoms with E-state index in [0.717, 1.165) is 17.8 Å². The summed E-state index contributed by atoms with van der Waals surface area (Å²) in [5, 5.41) is 0. The minimum absolute atomic E-state index is 0.222. The van der Waals surface area contributed by atoms with Gasteiger partial charge in [-0.1, -0.05) is 6.07 Å². The van der Waals surface area contributed by atoms with Crippen molar-refractivity contribution in [3.05, 3.63) is 65.0 Å². The van der Waals surface area contributed by atoms with Crippen LogP contribution in [0, 0.1) is 18.6 Å². The van der Waals surface area contributed by atoms with E-state index in [2.05, 4.69) is 4.98 Å². The van der Waals surface area contributed by atoms with Crippen LogP contribution >= 0.6 is 0 Å². The summed E-state index contributed by atoms with van der Waals surface area (Å²) in [6.45, 7) is 3.59. The third kappa shape index (κ3) is 3.24. The number of halogens is 2. The molecule has 1 aromatic carbocycles. The summed E-state index contributed by atoms with van der Waals surface area (Å²) in [6, 6.07) is 6.71. The van der Waals surface area contributed by atoms with Crippen LogP contribution in [0.25, 0.3) is 0 Å². The molecule has 1 heterocycles. The first-order valence-electron chi connectivity index (χ1n) is 6.55. The Kier molecular flexibility index (Phi) is 4.31. The number of nitrogens with zero attached hydrogens (tertiary/aromatic N) is 2. The normalized spacial score (nSPS) is 12.0. The monoisotopic (exact) mass is 290 g/mol. The Bertz CT molecular complexity index is 656. The number of rotatable bonds is 3. The van der Waals surface area contributed by atoms with Crippen LogP contribution in [0.1, 0.15) is 34.6 Å². The van der Waals surface area contributed by atoms with Crippen LogP contribution in [-0.2, 0) is 0 Å². The maximum Gasteiger partial charge on any atom is 0.255 e. The SMILES string of the molecule is Cc1ccc(C(=O)N(C)C(C)c2ccc(F)c(F)c2)cn1. The second kappa shape index (κ2) is 5.99. The molecule has 0 aliphatic heterocycles. The van der Waals surface area contributed by atoms with Crippen LogP contribution < -0.4 is 0 Å². The van der Waals surface area contributed by atoms with Gasteiger partial charge in [0, 0.05) is 18.9 Å². The first-order chi connectivity index (χ1) is 9.90. The molecular weight excluding hydrogens is 274 g/mol. The van der Waals surface area contributed by atoms with Gasteiger partial charge < -0.3 is 4.90 Å². The number of aryl methyl sites for hydroxylation is 1. The fourth-order valence-corrected chi connectivity index (χ4v) is 1.97. The van der Waals surface area contributed by atoms with Gasteiger partial charge >= 0.3 is 0 Å². The molecule has 3 nitrogen and oxygen atoms in total. The lowest BCUT2D eigenvalue weighted by Crippen LogP contribution is -2.29. The zero-order valence-electron chi connectivity index (χ0n) is 12.1. The third-order valence-electron chi connectivity index (χ3n) is 3.49. The molecule has 0 spiro atoms. The largest absolute Gasteiger partial charge is 0.335 e. The van der Waals surface area contributed by atoms with Crippen LogP contribution in [0.3, 0.4) is 0 Å². The molecule has 0 fully saturated rings. The van der Waals surface area contributed by atoms with Gasteiger partial charge in [-0.15, -0.1) is 0 Å². The van der Waals surface area contributed by atoms with E-state index in [-0.39, 0.29) is 11.9 Å². The van der Waals surface area contributed by atoms with Crippen LogP contribution in [0.15, 0.2) is 36.5 Å². The van der Waals surface area contributed by atoms with Crippen LogP contribution in [0.4, 0.5) is 8.78 Å². The van der Waals surface area contributed by atoms with Gasteiger partial charge in [-0.3, -0.25) is 9.78 Å². The minimum atomic E-state index is -0.919. The van der Waals surface area contributed by atoms with Crippen molar-refractivity contribution in [1.29, 1.82) is 0 Å². The van der Waals surface area contributed by atoms with E-state index in [4.69, 9.17) is 0 Å². The third-order valence-corrected chi connectivity index (χ3v) is 3.49. The molecule has 1 aromatic heterocycles. The number of benzene rings is 1. The second-order valence-electron chi connectivity index (χ2n) is 4.95. The van der Waals surface area contributed by atoms with E-state index in [1.54, 1.807) is 26.1 Å². The van der Waals surface area contributed by atoms with E-state index < -0.39 is 11.6 Å². The van der Waals surface area contributed by atoms with Crippen molar-refractivity contribution in [3.63, 3.8) is 0 Å². The van der Waals surface area contributed by atoms with Gasteiger partial charge in [-0.25, -0.2) is 8.78 Å². The quantitative estimate of drug-likeness (QED) is 0.866. The highest BCUT2D eigenvalue weighted by atomic mass is 19.2. The van der Waals surface area contributed by atoms with E-state index >= 15 is 0 Å². The molecule has 0 aliphatic rings. The number of hydrogen-bond donors (Lipinski definition) is 0. The van der Waals surface area contributed by atoms with E-state index in [9.17, 15) is 13.6 Å². The van der Waals surface area contributed by atoms with Crippen molar-refractivity contribution in [1.82, 2.24) is 9.88 Å². The summed E-state index contributed by atoms with van der Waals surface area (Å²) < 4.78 is 26.2. The highest BCUT2D eigenvalue weighted by molar-refractivity contribution is 5.94. The molecule has 2 aromatic rings. The highest BCUT2D eigenvalue weighted by Crippen LogP contribution is 2.22. The highest BCUT2D eigenvalue weighted by Gasteiger charge is 2.20. The van der Waals surface area contributed by atoms with E-state index in [1.807, 2.05) is 6.92 Å². The van der Waals surface area contributed by atoms with Gasteiger partial charge in [0.1, 0.15) is 0 Å². The summed E-state index contributed by atoms with van der Waals surface area (Å²) in [7, 11) is 1.62. The summed E-state index contributed by atoms with van der Waals surface area (Å²) in [4.78, 5) is 17.9. The van der Waals surface area contributed by atoms with Crippen LogP contribution in [0.2, 0.25) is 0 Å². The molecule has 1 atom stereocenters. The molecule has 110 valence electrons. The Morgan fingerprint density at radius 1 is 1.19 bits per heavy atom. The molecule has 1 unspecified atom stereocenters. The maximum absolute atomic E-state index is 13.3. The zero-order valence-corrected chi connectivity index (χ0v) is 12.1. The summed E-state index contributed by atoms with van der Waals surface area (Å²) in [6.07, 6.45) is 1.51. The molecule has 2 rings (SSSR count). The molecule has 1 amide bonds.